The quantitative estimate of drug-likeness (QED) is 0.646. The van der Waals surface area contributed by atoms with E-state index in [0.717, 1.165) is 0 Å². The molecular weight excluding hydrogens is 246 g/mol. The van der Waals surface area contributed by atoms with Gasteiger partial charge in [-0.3, -0.25) is 14.5 Å². The van der Waals surface area contributed by atoms with Crippen molar-refractivity contribution < 1.29 is 9.53 Å². The monoisotopic (exact) mass is 257 g/mol. The van der Waals surface area contributed by atoms with Gasteiger partial charge in [0.2, 0.25) is 5.78 Å². The van der Waals surface area contributed by atoms with Crippen LogP contribution < -0.4 is 4.74 Å². The zero-order valence-corrected chi connectivity index (χ0v) is 10.4. The first-order chi connectivity index (χ1) is 9.22. The maximum absolute atomic E-state index is 12.6. The fraction of sp³-hybridized carbons (Fsp3) is 0.167. The van der Waals surface area contributed by atoms with E-state index in [1.54, 1.807) is 30.2 Å². The Morgan fingerprint density at radius 2 is 2.11 bits per heavy atom. The molecule has 0 atom stereocenters. The summed E-state index contributed by atoms with van der Waals surface area (Å²) in [4.78, 5) is 16.6. The fourth-order valence-corrected chi connectivity index (χ4v) is 1.96. The van der Waals surface area contributed by atoms with Crippen molar-refractivity contribution in [1.29, 1.82) is 0 Å². The lowest BCUT2D eigenvalue weighted by atomic mass is 10.1. The number of methoxy groups -OCH3 is 1. The summed E-state index contributed by atoms with van der Waals surface area (Å²) in [5.74, 6) is 0.246. The molecule has 0 aromatic carbocycles. The van der Waals surface area contributed by atoms with Gasteiger partial charge in [-0.15, -0.1) is 0 Å². The smallest absolute Gasteiger partial charge is 0.218 e. The minimum Gasteiger partial charge on any atom is -0.493 e. The summed E-state index contributed by atoms with van der Waals surface area (Å²) >= 11 is 0. The Balaban J connectivity index is 2.16. The second-order valence-corrected chi connectivity index (χ2v) is 3.98. The van der Waals surface area contributed by atoms with Gasteiger partial charge < -0.3 is 4.74 Å². The average molecular weight is 257 g/mol. The molecule has 0 saturated carbocycles. The number of ether oxygens (including phenoxy) is 1. The van der Waals surface area contributed by atoms with Gasteiger partial charge in [0, 0.05) is 19.4 Å². The van der Waals surface area contributed by atoms with Gasteiger partial charge in [0.1, 0.15) is 0 Å². The Kier molecular flexibility index (Phi) is 2.52. The Bertz CT molecular complexity index is 758. The summed E-state index contributed by atoms with van der Waals surface area (Å²) < 4.78 is 8.24. The molecule has 0 aliphatic carbocycles. The van der Waals surface area contributed by atoms with Crippen LogP contribution in [0.3, 0.4) is 0 Å². The fourth-order valence-electron chi connectivity index (χ4n) is 1.96. The number of ketones is 1. The number of hydrogen-bond acceptors (Lipinski definition) is 5. The average Bonchev–Trinajstić information content (AvgIpc) is 3.01. The first-order valence-electron chi connectivity index (χ1n) is 5.60. The van der Waals surface area contributed by atoms with Crippen molar-refractivity contribution >= 4 is 11.3 Å². The number of nitrogens with zero attached hydrogens (tertiary/aromatic N) is 5. The molecule has 0 radical (unpaired) electrons. The molecule has 3 rings (SSSR count). The number of rotatable bonds is 3. The molecule has 0 amide bonds. The predicted molar refractivity (Wildman–Crippen MR) is 66.2 cm³/mol. The molecule has 0 spiro atoms. The van der Waals surface area contributed by atoms with Crippen LogP contribution in [0.5, 0.6) is 5.75 Å². The third-order valence-electron chi connectivity index (χ3n) is 2.91. The van der Waals surface area contributed by atoms with Crippen LogP contribution in [0, 0.1) is 0 Å². The van der Waals surface area contributed by atoms with Crippen molar-refractivity contribution in [3.63, 3.8) is 0 Å². The molecule has 19 heavy (non-hydrogen) atoms. The van der Waals surface area contributed by atoms with E-state index in [1.807, 2.05) is 0 Å². The van der Waals surface area contributed by atoms with E-state index < -0.39 is 0 Å². The van der Waals surface area contributed by atoms with Gasteiger partial charge >= 0.3 is 0 Å². The lowest BCUT2D eigenvalue weighted by Gasteiger charge is -2.03. The molecule has 3 heterocycles. The van der Waals surface area contributed by atoms with Gasteiger partial charge in [0.15, 0.2) is 11.4 Å². The van der Waals surface area contributed by atoms with Gasteiger partial charge in [0.25, 0.3) is 0 Å². The minimum atomic E-state index is -0.195. The standard InChI is InChI=1S/C12H11N5O2/c1-16-11(10(19-2)7-14-16)12(18)8-5-15-17-4-3-13-6-9(8)17/h3-7H,1-2H3. The molecule has 0 bridgehead atoms. The van der Waals surface area contributed by atoms with E-state index in [1.165, 1.54) is 24.2 Å². The zero-order chi connectivity index (χ0) is 13.4. The Labute approximate surface area is 108 Å². The van der Waals surface area contributed by atoms with Crippen LogP contribution in [-0.4, -0.2) is 37.3 Å². The summed E-state index contributed by atoms with van der Waals surface area (Å²) in [6, 6.07) is 0. The molecule has 7 heteroatoms. The van der Waals surface area contributed by atoms with E-state index in [4.69, 9.17) is 4.74 Å². The van der Waals surface area contributed by atoms with E-state index in [2.05, 4.69) is 15.2 Å². The number of hydrogen-bond donors (Lipinski definition) is 0. The summed E-state index contributed by atoms with van der Waals surface area (Å²) in [5, 5.41) is 8.15. The summed E-state index contributed by atoms with van der Waals surface area (Å²) in [6.45, 7) is 0. The highest BCUT2D eigenvalue weighted by Gasteiger charge is 2.22. The molecule has 0 saturated heterocycles. The highest BCUT2D eigenvalue weighted by molar-refractivity contribution is 6.13. The van der Waals surface area contributed by atoms with Gasteiger partial charge in [0.05, 0.1) is 36.8 Å². The van der Waals surface area contributed by atoms with Crippen LogP contribution in [-0.2, 0) is 7.05 Å². The topological polar surface area (TPSA) is 74.3 Å². The molecule has 3 aromatic rings. The van der Waals surface area contributed by atoms with E-state index in [0.29, 0.717) is 22.5 Å². The van der Waals surface area contributed by atoms with Crippen molar-refractivity contribution in [2.24, 2.45) is 7.05 Å². The lowest BCUT2D eigenvalue weighted by Crippen LogP contribution is -2.09. The second-order valence-electron chi connectivity index (χ2n) is 3.98. The van der Waals surface area contributed by atoms with Gasteiger partial charge in [-0.2, -0.15) is 10.2 Å². The first-order valence-corrected chi connectivity index (χ1v) is 5.60. The van der Waals surface area contributed by atoms with Crippen molar-refractivity contribution in [2.45, 2.75) is 0 Å². The molecule has 7 nitrogen and oxygen atoms in total. The highest BCUT2D eigenvalue weighted by Crippen LogP contribution is 2.22. The van der Waals surface area contributed by atoms with Crippen molar-refractivity contribution in [3.05, 3.63) is 42.2 Å². The zero-order valence-electron chi connectivity index (χ0n) is 10.4. The summed E-state index contributed by atoms with van der Waals surface area (Å²) in [7, 11) is 3.20. The van der Waals surface area contributed by atoms with E-state index in [-0.39, 0.29) is 5.78 Å². The Morgan fingerprint density at radius 1 is 1.26 bits per heavy atom. The van der Waals surface area contributed by atoms with E-state index >= 15 is 0 Å². The SMILES string of the molecule is COc1cnn(C)c1C(=O)c1cnn2ccncc12. The molecule has 0 fully saturated rings. The van der Waals surface area contributed by atoms with Crippen LogP contribution in [0.25, 0.3) is 5.52 Å². The number of aryl methyl sites for hydroxylation is 1. The molecule has 0 aliphatic heterocycles. The normalized spacial score (nSPS) is 10.8. The van der Waals surface area contributed by atoms with Crippen LogP contribution >= 0.6 is 0 Å². The summed E-state index contributed by atoms with van der Waals surface area (Å²) in [5.41, 5.74) is 1.51. The second kappa shape index (κ2) is 4.20. The highest BCUT2D eigenvalue weighted by atomic mass is 16.5. The maximum atomic E-state index is 12.6. The first kappa shape index (κ1) is 11.4. The maximum Gasteiger partial charge on any atom is 0.218 e. The van der Waals surface area contributed by atoms with Gasteiger partial charge in [-0.25, -0.2) is 4.52 Å². The molecule has 96 valence electrons. The number of carbonyl (C=O) groups excluding carboxylic acids is 1. The molecule has 0 aliphatic rings. The van der Waals surface area contributed by atoms with Gasteiger partial charge in [-0.05, 0) is 0 Å². The summed E-state index contributed by atoms with van der Waals surface area (Å²) in [6.07, 6.45) is 7.93. The van der Waals surface area contributed by atoms with Crippen LogP contribution in [0.1, 0.15) is 16.1 Å². The number of carbonyl (C=O) groups is 1. The predicted octanol–water partition coefficient (Wildman–Crippen LogP) is 0.702. The number of aromatic nitrogens is 5. The van der Waals surface area contributed by atoms with Gasteiger partial charge in [-0.1, -0.05) is 0 Å². The molecule has 3 aromatic heterocycles. The lowest BCUT2D eigenvalue weighted by molar-refractivity contribution is 0.102. The molecular formula is C12H11N5O2. The van der Waals surface area contributed by atoms with Crippen molar-refractivity contribution in [2.75, 3.05) is 7.11 Å². The van der Waals surface area contributed by atoms with E-state index in [9.17, 15) is 4.79 Å². The van der Waals surface area contributed by atoms with Crippen LogP contribution in [0.15, 0.2) is 31.0 Å². The number of fused-ring (bicyclic) bond motifs is 1. The third-order valence-corrected chi connectivity index (χ3v) is 2.91. The Morgan fingerprint density at radius 3 is 2.89 bits per heavy atom. The minimum absolute atomic E-state index is 0.195. The van der Waals surface area contributed by atoms with Crippen molar-refractivity contribution in [3.8, 4) is 5.75 Å². The molecule has 0 N–H and O–H groups in total. The third kappa shape index (κ3) is 1.67. The van der Waals surface area contributed by atoms with Crippen LogP contribution in [0.2, 0.25) is 0 Å². The molecule has 0 unspecified atom stereocenters. The van der Waals surface area contributed by atoms with Crippen LogP contribution in [0.4, 0.5) is 0 Å². The Hall–Kier alpha value is -2.70. The van der Waals surface area contributed by atoms with Crippen molar-refractivity contribution in [1.82, 2.24) is 24.4 Å². The largest absolute Gasteiger partial charge is 0.493 e.